The summed E-state index contributed by atoms with van der Waals surface area (Å²) >= 11 is 0. The van der Waals surface area contributed by atoms with Crippen LogP contribution in [0.2, 0.25) is 0 Å². The Kier molecular flexibility index (Phi) is 11.9. The Hall–Kier alpha value is -2.90. The zero-order valence-electron chi connectivity index (χ0n) is 18.9. The van der Waals surface area contributed by atoms with E-state index in [1.54, 1.807) is 0 Å². The average Bonchev–Trinajstić information content (AvgIpc) is 2.71. The first-order valence-electron chi connectivity index (χ1n) is 10.8. The van der Waals surface area contributed by atoms with Crippen LogP contribution < -0.4 is 16.0 Å². The number of esters is 1. The topological polar surface area (TPSA) is 114 Å². The zero-order chi connectivity index (χ0) is 23.2. The molecule has 3 N–H and O–H groups in total. The van der Waals surface area contributed by atoms with Gasteiger partial charge in [-0.3, -0.25) is 14.4 Å². The van der Waals surface area contributed by atoms with Gasteiger partial charge >= 0.3 is 5.97 Å². The van der Waals surface area contributed by atoms with E-state index in [-0.39, 0.29) is 24.8 Å². The predicted octanol–water partition coefficient (Wildman–Crippen LogP) is 1.72. The van der Waals surface area contributed by atoms with Gasteiger partial charge in [-0.15, -0.1) is 0 Å². The van der Waals surface area contributed by atoms with Gasteiger partial charge in [-0.2, -0.15) is 0 Å². The highest BCUT2D eigenvalue weighted by Crippen LogP contribution is 2.06. The summed E-state index contributed by atoms with van der Waals surface area (Å²) < 4.78 is 5.28. The second-order valence-corrected chi connectivity index (χ2v) is 7.93. The molecule has 3 amide bonds. The molecule has 1 aromatic rings. The summed E-state index contributed by atoms with van der Waals surface area (Å²) in [7, 11) is 0. The lowest BCUT2D eigenvalue weighted by atomic mass is 10.0. The van der Waals surface area contributed by atoms with Gasteiger partial charge in [-0.1, -0.05) is 57.5 Å². The molecule has 0 heterocycles. The number of carbonyl (C=O) groups excluding carboxylic acids is 4. The van der Waals surface area contributed by atoms with Crippen molar-refractivity contribution in [3.63, 3.8) is 0 Å². The number of unbranched alkanes of at least 4 members (excludes halogenated alkanes) is 1. The van der Waals surface area contributed by atoms with Crippen LogP contribution in [-0.2, 0) is 30.3 Å². The standard InChI is InChI=1S/C23H35N3O5/c1-5-6-12-31-23(30)20(14-18-10-8-7-9-11-18)26-21(28)15-24-22(29)19(13-16(2)3)25-17(4)27/h7-11,16,19-20H,5-6,12-15H2,1-4H3,(H,24,29)(H,25,27)(H,26,28)/t19-,20-/m0/s1. The fraction of sp³-hybridized carbons (Fsp3) is 0.565. The highest BCUT2D eigenvalue weighted by atomic mass is 16.5. The van der Waals surface area contributed by atoms with Gasteiger partial charge in [0.2, 0.25) is 17.7 Å². The Morgan fingerprint density at radius 2 is 1.68 bits per heavy atom. The maximum absolute atomic E-state index is 12.5. The van der Waals surface area contributed by atoms with Gasteiger partial charge in [0.15, 0.2) is 0 Å². The van der Waals surface area contributed by atoms with Crippen LogP contribution in [0.3, 0.4) is 0 Å². The van der Waals surface area contributed by atoms with Crippen molar-refractivity contribution in [3.05, 3.63) is 35.9 Å². The van der Waals surface area contributed by atoms with Crippen LogP contribution in [0.4, 0.5) is 0 Å². The molecule has 0 aromatic heterocycles. The Morgan fingerprint density at radius 1 is 1.00 bits per heavy atom. The van der Waals surface area contributed by atoms with E-state index in [4.69, 9.17) is 4.74 Å². The second-order valence-electron chi connectivity index (χ2n) is 7.93. The number of amides is 3. The number of carbonyl (C=O) groups is 4. The van der Waals surface area contributed by atoms with Crippen LogP contribution >= 0.6 is 0 Å². The summed E-state index contributed by atoms with van der Waals surface area (Å²) in [5.74, 6) is -1.59. The third kappa shape index (κ3) is 11.2. The van der Waals surface area contributed by atoms with Crippen LogP contribution in [0.5, 0.6) is 0 Å². The van der Waals surface area contributed by atoms with Crippen molar-refractivity contribution in [2.24, 2.45) is 5.92 Å². The molecule has 0 aliphatic heterocycles. The molecule has 0 spiro atoms. The Balaban J connectivity index is 2.70. The highest BCUT2D eigenvalue weighted by molar-refractivity contribution is 5.91. The lowest BCUT2D eigenvalue weighted by Crippen LogP contribution is -2.51. The molecular formula is C23H35N3O5. The third-order valence-electron chi connectivity index (χ3n) is 4.47. The van der Waals surface area contributed by atoms with E-state index in [9.17, 15) is 19.2 Å². The van der Waals surface area contributed by atoms with E-state index in [2.05, 4.69) is 16.0 Å². The maximum Gasteiger partial charge on any atom is 0.328 e. The number of hydrogen-bond acceptors (Lipinski definition) is 5. The van der Waals surface area contributed by atoms with Crippen molar-refractivity contribution in [1.82, 2.24) is 16.0 Å². The smallest absolute Gasteiger partial charge is 0.328 e. The molecule has 31 heavy (non-hydrogen) atoms. The molecule has 0 aliphatic carbocycles. The van der Waals surface area contributed by atoms with Crippen LogP contribution in [0.25, 0.3) is 0 Å². The molecule has 0 saturated heterocycles. The van der Waals surface area contributed by atoms with E-state index in [1.807, 2.05) is 51.1 Å². The molecule has 0 fully saturated rings. The molecule has 2 atom stereocenters. The average molecular weight is 434 g/mol. The normalized spacial score (nSPS) is 12.5. The molecule has 0 bridgehead atoms. The van der Waals surface area contributed by atoms with Crippen molar-refractivity contribution < 1.29 is 23.9 Å². The Morgan fingerprint density at radius 3 is 2.26 bits per heavy atom. The summed E-state index contributed by atoms with van der Waals surface area (Å²) in [4.78, 5) is 48.7. The summed E-state index contributed by atoms with van der Waals surface area (Å²) in [6.45, 7) is 7.19. The van der Waals surface area contributed by atoms with Crippen molar-refractivity contribution in [3.8, 4) is 0 Å². The summed E-state index contributed by atoms with van der Waals surface area (Å²) in [5, 5.41) is 7.79. The van der Waals surface area contributed by atoms with E-state index < -0.39 is 29.9 Å². The van der Waals surface area contributed by atoms with Gasteiger partial charge in [0.05, 0.1) is 13.2 Å². The number of hydrogen-bond donors (Lipinski definition) is 3. The molecule has 8 heteroatoms. The van der Waals surface area contributed by atoms with E-state index in [0.29, 0.717) is 13.0 Å². The lowest BCUT2D eigenvalue weighted by molar-refractivity contribution is -0.148. The fourth-order valence-corrected chi connectivity index (χ4v) is 2.95. The highest BCUT2D eigenvalue weighted by Gasteiger charge is 2.24. The SMILES string of the molecule is CCCCOC(=O)[C@H](Cc1ccccc1)NC(=O)CNC(=O)[C@H](CC(C)C)NC(C)=O. The number of benzene rings is 1. The van der Waals surface area contributed by atoms with Crippen LogP contribution in [0.15, 0.2) is 30.3 Å². The number of rotatable bonds is 13. The first-order chi connectivity index (χ1) is 14.7. The van der Waals surface area contributed by atoms with E-state index >= 15 is 0 Å². The number of nitrogens with one attached hydrogen (secondary N) is 3. The van der Waals surface area contributed by atoms with Crippen LogP contribution in [0, 0.1) is 5.92 Å². The van der Waals surface area contributed by atoms with E-state index in [0.717, 1.165) is 18.4 Å². The first kappa shape index (κ1) is 26.1. The molecule has 0 unspecified atom stereocenters. The van der Waals surface area contributed by atoms with Gasteiger partial charge < -0.3 is 20.7 Å². The Labute approximate surface area is 184 Å². The third-order valence-corrected chi connectivity index (χ3v) is 4.47. The van der Waals surface area contributed by atoms with Gasteiger partial charge in [0.25, 0.3) is 0 Å². The Bertz CT molecular complexity index is 721. The minimum Gasteiger partial charge on any atom is -0.464 e. The second kappa shape index (κ2) is 14.2. The minimum absolute atomic E-state index is 0.185. The molecule has 1 rings (SSSR count). The van der Waals surface area contributed by atoms with Gasteiger partial charge in [0, 0.05) is 13.3 Å². The quantitative estimate of drug-likeness (QED) is 0.324. The molecule has 172 valence electrons. The van der Waals surface area contributed by atoms with Crippen molar-refractivity contribution >= 4 is 23.7 Å². The van der Waals surface area contributed by atoms with Crippen LogP contribution in [0.1, 0.15) is 52.5 Å². The molecule has 0 aliphatic rings. The summed E-state index contributed by atoms with van der Waals surface area (Å²) in [6.07, 6.45) is 2.37. The van der Waals surface area contributed by atoms with Gasteiger partial charge in [-0.25, -0.2) is 4.79 Å². The van der Waals surface area contributed by atoms with Crippen LogP contribution in [-0.4, -0.2) is 48.9 Å². The fourth-order valence-electron chi connectivity index (χ4n) is 2.95. The zero-order valence-corrected chi connectivity index (χ0v) is 18.9. The summed E-state index contributed by atoms with van der Waals surface area (Å²) in [6, 6.07) is 7.74. The maximum atomic E-state index is 12.5. The number of ether oxygens (including phenoxy) is 1. The lowest BCUT2D eigenvalue weighted by Gasteiger charge is -2.20. The van der Waals surface area contributed by atoms with Crippen molar-refractivity contribution in [2.45, 2.75) is 65.5 Å². The van der Waals surface area contributed by atoms with E-state index in [1.165, 1.54) is 6.92 Å². The first-order valence-corrected chi connectivity index (χ1v) is 10.8. The van der Waals surface area contributed by atoms with Gasteiger partial charge in [0.1, 0.15) is 12.1 Å². The summed E-state index contributed by atoms with van der Waals surface area (Å²) in [5.41, 5.74) is 0.881. The van der Waals surface area contributed by atoms with Crippen molar-refractivity contribution in [1.29, 1.82) is 0 Å². The molecular weight excluding hydrogens is 398 g/mol. The molecule has 1 aromatic carbocycles. The molecule has 0 saturated carbocycles. The molecule has 0 radical (unpaired) electrons. The molecule has 8 nitrogen and oxygen atoms in total. The van der Waals surface area contributed by atoms with Gasteiger partial charge in [-0.05, 0) is 24.3 Å². The minimum atomic E-state index is -0.856. The largest absolute Gasteiger partial charge is 0.464 e. The monoisotopic (exact) mass is 433 g/mol. The van der Waals surface area contributed by atoms with Crippen molar-refractivity contribution in [2.75, 3.05) is 13.2 Å². The predicted molar refractivity (Wildman–Crippen MR) is 118 cm³/mol.